The van der Waals surface area contributed by atoms with Crippen LogP contribution in [0.5, 0.6) is 0 Å². The van der Waals surface area contributed by atoms with Crippen molar-refractivity contribution in [2.24, 2.45) is 0 Å². The summed E-state index contributed by atoms with van der Waals surface area (Å²) < 4.78 is 0. The molecule has 0 N–H and O–H groups in total. The van der Waals surface area contributed by atoms with Gasteiger partial charge in [0, 0.05) is 32.6 Å². The lowest BCUT2D eigenvalue weighted by molar-refractivity contribution is -0.132. The van der Waals surface area contributed by atoms with E-state index >= 15 is 0 Å². The largest absolute Gasteiger partial charge is 0.339 e. The van der Waals surface area contributed by atoms with E-state index in [0.29, 0.717) is 6.42 Å². The Labute approximate surface area is 257 Å². The minimum atomic E-state index is 0.0300. The van der Waals surface area contributed by atoms with Crippen LogP contribution in [0.4, 0.5) is 0 Å². The second-order valence-electron chi connectivity index (χ2n) is 11.4. The highest BCUT2D eigenvalue weighted by atomic mass is 16.2. The Morgan fingerprint density at radius 3 is 1.58 bits per heavy atom. The Morgan fingerprint density at radius 1 is 0.581 bits per heavy atom. The lowest BCUT2D eigenvalue weighted by atomic mass is 9.96. The van der Waals surface area contributed by atoms with Gasteiger partial charge in [-0.25, -0.2) is 0 Å². The van der Waals surface area contributed by atoms with E-state index in [4.69, 9.17) is 0 Å². The smallest absolute Gasteiger partial charge is 0.222 e. The van der Waals surface area contributed by atoms with Crippen LogP contribution in [0.3, 0.4) is 0 Å². The van der Waals surface area contributed by atoms with E-state index in [-0.39, 0.29) is 18.0 Å². The van der Waals surface area contributed by atoms with Gasteiger partial charge in [0.05, 0.1) is 6.04 Å². The van der Waals surface area contributed by atoms with Crippen molar-refractivity contribution >= 4 is 5.91 Å². The monoisotopic (exact) mass is 566 g/mol. The highest BCUT2D eigenvalue weighted by Crippen LogP contribution is 2.25. The number of carbonyl (C=O) groups is 1. The van der Waals surface area contributed by atoms with Crippen LogP contribution in [0.15, 0.2) is 146 Å². The molecule has 2 atom stereocenters. The normalized spacial score (nSPS) is 12.5. The van der Waals surface area contributed by atoms with Gasteiger partial charge < -0.3 is 4.90 Å². The van der Waals surface area contributed by atoms with E-state index in [1.54, 1.807) is 0 Å². The number of benzene rings is 5. The summed E-state index contributed by atoms with van der Waals surface area (Å²) in [6, 6.07) is 51.3. The van der Waals surface area contributed by atoms with E-state index in [1.807, 2.05) is 30.1 Å². The van der Waals surface area contributed by atoms with Crippen molar-refractivity contribution in [3.63, 3.8) is 0 Å². The van der Waals surface area contributed by atoms with Crippen LogP contribution >= 0.6 is 0 Å². The average Bonchev–Trinajstić information content (AvgIpc) is 3.07. The zero-order chi connectivity index (χ0) is 29.9. The molecule has 0 radical (unpaired) electrons. The average molecular weight is 567 g/mol. The molecule has 0 heterocycles. The second-order valence-corrected chi connectivity index (χ2v) is 11.4. The van der Waals surface area contributed by atoms with Gasteiger partial charge in [-0.1, -0.05) is 146 Å². The first-order valence-electron chi connectivity index (χ1n) is 15.3. The van der Waals surface area contributed by atoms with Gasteiger partial charge >= 0.3 is 0 Å². The molecule has 0 spiro atoms. The molecule has 0 saturated heterocycles. The molecule has 5 aromatic rings. The fraction of sp³-hybridized carbons (Fsp3) is 0.225. The van der Waals surface area contributed by atoms with Crippen molar-refractivity contribution in [2.45, 2.75) is 51.4 Å². The van der Waals surface area contributed by atoms with Crippen molar-refractivity contribution in [3.05, 3.63) is 168 Å². The van der Waals surface area contributed by atoms with Gasteiger partial charge in [0.25, 0.3) is 0 Å². The molecular formula is C40H42N2O. The van der Waals surface area contributed by atoms with Crippen LogP contribution in [-0.2, 0) is 24.3 Å². The molecule has 3 heteroatoms. The van der Waals surface area contributed by atoms with Crippen LogP contribution in [0.1, 0.15) is 48.1 Å². The molecule has 3 nitrogen and oxygen atoms in total. The fourth-order valence-electron chi connectivity index (χ4n) is 5.74. The summed E-state index contributed by atoms with van der Waals surface area (Å²) in [6.45, 7) is 3.76. The lowest BCUT2D eigenvalue weighted by Crippen LogP contribution is -2.38. The fourth-order valence-corrected chi connectivity index (χ4v) is 5.74. The van der Waals surface area contributed by atoms with Crippen molar-refractivity contribution in [2.75, 3.05) is 7.05 Å². The number of nitrogens with zero attached hydrogens (tertiary/aromatic N) is 2. The first-order valence-corrected chi connectivity index (χ1v) is 15.3. The summed E-state index contributed by atoms with van der Waals surface area (Å²) in [4.78, 5) is 18.0. The van der Waals surface area contributed by atoms with Crippen molar-refractivity contribution in [1.82, 2.24) is 9.80 Å². The molecule has 0 aliphatic heterocycles. The Bertz CT molecular complexity index is 1480. The SMILES string of the molecule is C[C@H](c1ccccc1)N(C)C(=O)CC[C@@H](Cc1ccc(-c2ccccc2)cc1)N(Cc1ccccc1)Cc1ccccc1. The Hall–Kier alpha value is -4.47. The third-order valence-corrected chi connectivity index (χ3v) is 8.45. The minimum absolute atomic E-state index is 0.0300. The first-order chi connectivity index (χ1) is 21.1. The molecule has 0 unspecified atom stereocenters. The zero-order valence-electron chi connectivity index (χ0n) is 25.3. The third-order valence-electron chi connectivity index (χ3n) is 8.45. The summed E-state index contributed by atoms with van der Waals surface area (Å²) >= 11 is 0. The number of carbonyl (C=O) groups excluding carboxylic acids is 1. The number of rotatable bonds is 13. The molecule has 43 heavy (non-hydrogen) atoms. The standard InChI is InChI=1S/C40H42N2O/c1-32(36-19-11-5-12-20-36)41(2)40(43)28-27-39(29-33-23-25-38(26-24-33)37-21-13-6-14-22-37)42(30-34-15-7-3-8-16-34)31-35-17-9-4-10-18-35/h3-26,32,39H,27-31H2,1-2H3/t32-,39+/m1/s1. The maximum Gasteiger partial charge on any atom is 0.222 e. The van der Waals surface area contributed by atoms with E-state index in [1.165, 1.54) is 27.8 Å². The highest BCUT2D eigenvalue weighted by molar-refractivity contribution is 5.76. The summed E-state index contributed by atoms with van der Waals surface area (Å²) in [5.74, 6) is 0.181. The third kappa shape index (κ3) is 8.53. The van der Waals surface area contributed by atoms with Gasteiger partial charge in [0.15, 0.2) is 0 Å². The molecule has 5 rings (SSSR count). The molecule has 0 aliphatic carbocycles. The van der Waals surface area contributed by atoms with Gasteiger partial charge in [0.2, 0.25) is 5.91 Å². The Balaban J connectivity index is 1.38. The second kappa shape index (κ2) is 15.1. The molecule has 0 aliphatic rings. The summed E-state index contributed by atoms with van der Waals surface area (Å²) in [5.41, 5.74) is 7.45. The van der Waals surface area contributed by atoms with Crippen molar-refractivity contribution in [3.8, 4) is 11.1 Å². The number of amides is 1. The number of hydrogen-bond acceptors (Lipinski definition) is 2. The maximum atomic E-state index is 13.6. The van der Waals surface area contributed by atoms with E-state index in [2.05, 4.69) is 139 Å². The number of hydrogen-bond donors (Lipinski definition) is 0. The molecule has 0 aromatic heterocycles. The van der Waals surface area contributed by atoms with E-state index in [0.717, 1.165) is 31.5 Å². The molecule has 5 aromatic carbocycles. The van der Waals surface area contributed by atoms with Crippen molar-refractivity contribution in [1.29, 1.82) is 0 Å². The molecule has 0 bridgehead atoms. The lowest BCUT2D eigenvalue weighted by Gasteiger charge is -2.33. The Morgan fingerprint density at radius 2 is 1.05 bits per heavy atom. The van der Waals surface area contributed by atoms with E-state index in [9.17, 15) is 4.79 Å². The topological polar surface area (TPSA) is 23.6 Å². The molecule has 0 fully saturated rings. The van der Waals surface area contributed by atoms with Crippen LogP contribution in [0.2, 0.25) is 0 Å². The molecule has 218 valence electrons. The predicted molar refractivity (Wildman–Crippen MR) is 178 cm³/mol. The van der Waals surface area contributed by atoms with Crippen LogP contribution < -0.4 is 0 Å². The predicted octanol–water partition coefficient (Wildman–Crippen LogP) is 8.97. The molecule has 1 amide bonds. The molecular weight excluding hydrogens is 524 g/mol. The summed E-state index contributed by atoms with van der Waals surface area (Å²) in [7, 11) is 1.93. The molecule has 0 saturated carbocycles. The van der Waals surface area contributed by atoms with Gasteiger partial charge in [-0.05, 0) is 53.1 Å². The van der Waals surface area contributed by atoms with Gasteiger partial charge in [-0.3, -0.25) is 9.69 Å². The van der Waals surface area contributed by atoms with Gasteiger partial charge in [-0.2, -0.15) is 0 Å². The zero-order valence-corrected chi connectivity index (χ0v) is 25.3. The first kappa shape index (κ1) is 30.0. The van der Waals surface area contributed by atoms with Crippen LogP contribution in [0.25, 0.3) is 11.1 Å². The van der Waals surface area contributed by atoms with Crippen molar-refractivity contribution < 1.29 is 4.79 Å². The summed E-state index contributed by atoms with van der Waals surface area (Å²) in [5, 5.41) is 0. The van der Waals surface area contributed by atoms with Crippen LogP contribution in [-0.4, -0.2) is 28.8 Å². The Kier molecular flexibility index (Phi) is 10.6. The van der Waals surface area contributed by atoms with Gasteiger partial charge in [0.1, 0.15) is 0 Å². The van der Waals surface area contributed by atoms with E-state index < -0.39 is 0 Å². The highest BCUT2D eigenvalue weighted by Gasteiger charge is 2.24. The minimum Gasteiger partial charge on any atom is -0.339 e. The maximum absolute atomic E-state index is 13.6. The summed E-state index contributed by atoms with van der Waals surface area (Å²) in [6.07, 6.45) is 2.16. The van der Waals surface area contributed by atoms with Gasteiger partial charge in [-0.15, -0.1) is 0 Å². The van der Waals surface area contributed by atoms with Crippen LogP contribution in [0, 0.1) is 0 Å². The quantitative estimate of drug-likeness (QED) is 0.142.